The first-order valence-electron chi connectivity index (χ1n) is 10.6. The molecule has 4 rings (SSSR count). The van der Waals surface area contributed by atoms with Crippen LogP contribution in [0.3, 0.4) is 0 Å². The normalized spacial score (nSPS) is 15.2. The lowest BCUT2D eigenvalue weighted by atomic mass is 10.1. The highest BCUT2D eigenvalue weighted by Gasteiger charge is 2.37. The summed E-state index contributed by atoms with van der Waals surface area (Å²) in [6.07, 6.45) is 1.49. The van der Waals surface area contributed by atoms with Crippen LogP contribution < -0.4 is 15.0 Å². The molecule has 0 spiro atoms. The van der Waals surface area contributed by atoms with Gasteiger partial charge in [-0.2, -0.15) is 5.10 Å². The second kappa shape index (κ2) is 8.74. The summed E-state index contributed by atoms with van der Waals surface area (Å²) in [6.45, 7) is 8.05. The van der Waals surface area contributed by atoms with Crippen molar-refractivity contribution in [2.45, 2.75) is 27.7 Å². The molecule has 8 nitrogen and oxygen atoms in total. The average molecular weight is 444 g/mol. The highest BCUT2D eigenvalue weighted by atomic mass is 16.5. The van der Waals surface area contributed by atoms with Crippen molar-refractivity contribution >= 4 is 29.6 Å². The van der Waals surface area contributed by atoms with Crippen LogP contribution in [0.2, 0.25) is 0 Å². The van der Waals surface area contributed by atoms with Gasteiger partial charge < -0.3 is 4.74 Å². The smallest absolute Gasteiger partial charge is 0.335 e. The number of aromatic nitrogens is 2. The van der Waals surface area contributed by atoms with Gasteiger partial charge in [-0.3, -0.25) is 14.9 Å². The number of hydrogen-bond donors (Lipinski definition) is 1. The summed E-state index contributed by atoms with van der Waals surface area (Å²) in [7, 11) is 0. The van der Waals surface area contributed by atoms with E-state index in [1.807, 2.05) is 52.0 Å². The molecule has 2 heterocycles. The Balaban J connectivity index is 1.71. The van der Waals surface area contributed by atoms with Crippen LogP contribution >= 0.6 is 0 Å². The number of amides is 4. The minimum Gasteiger partial charge on any atom is -0.494 e. The molecule has 1 aliphatic rings. The number of barbiturate groups is 1. The van der Waals surface area contributed by atoms with Crippen molar-refractivity contribution in [3.05, 3.63) is 76.6 Å². The summed E-state index contributed by atoms with van der Waals surface area (Å²) in [4.78, 5) is 39.2. The number of rotatable bonds is 5. The second-order valence-electron chi connectivity index (χ2n) is 7.72. The molecule has 0 bridgehead atoms. The Labute approximate surface area is 191 Å². The molecule has 3 aromatic rings. The Morgan fingerprint density at radius 2 is 1.58 bits per heavy atom. The minimum atomic E-state index is -0.796. The van der Waals surface area contributed by atoms with E-state index in [2.05, 4.69) is 10.4 Å². The second-order valence-corrected chi connectivity index (χ2v) is 7.72. The number of anilines is 1. The summed E-state index contributed by atoms with van der Waals surface area (Å²) in [6, 6.07) is 13.6. The first-order chi connectivity index (χ1) is 15.8. The summed E-state index contributed by atoms with van der Waals surface area (Å²) in [5, 5.41) is 6.83. The van der Waals surface area contributed by atoms with Crippen molar-refractivity contribution in [3.63, 3.8) is 0 Å². The zero-order valence-electron chi connectivity index (χ0n) is 18.9. The van der Waals surface area contributed by atoms with E-state index in [1.54, 1.807) is 28.9 Å². The average Bonchev–Trinajstić information content (AvgIpc) is 3.06. The van der Waals surface area contributed by atoms with Gasteiger partial charge in [0, 0.05) is 11.3 Å². The molecule has 1 saturated heterocycles. The molecule has 0 radical (unpaired) electrons. The molecule has 2 aromatic carbocycles. The molecule has 0 aliphatic carbocycles. The van der Waals surface area contributed by atoms with Crippen LogP contribution in [0.15, 0.2) is 54.1 Å². The fraction of sp³-hybridized carbons (Fsp3) is 0.200. The molecule has 33 heavy (non-hydrogen) atoms. The topological polar surface area (TPSA) is 93.5 Å². The van der Waals surface area contributed by atoms with Gasteiger partial charge in [0.2, 0.25) is 0 Å². The van der Waals surface area contributed by atoms with E-state index in [1.165, 1.54) is 6.08 Å². The maximum absolute atomic E-state index is 13.2. The molecule has 0 saturated carbocycles. The minimum absolute atomic E-state index is 0.141. The van der Waals surface area contributed by atoms with Gasteiger partial charge in [0.1, 0.15) is 11.3 Å². The van der Waals surface area contributed by atoms with Crippen molar-refractivity contribution in [1.82, 2.24) is 15.1 Å². The lowest BCUT2D eigenvalue weighted by Gasteiger charge is -2.26. The monoisotopic (exact) mass is 444 g/mol. The Morgan fingerprint density at radius 1 is 0.939 bits per heavy atom. The maximum atomic E-state index is 13.2. The molecule has 1 aliphatic heterocycles. The molecular formula is C25H24N4O4. The fourth-order valence-electron chi connectivity index (χ4n) is 3.70. The first-order valence-corrected chi connectivity index (χ1v) is 10.6. The van der Waals surface area contributed by atoms with E-state index in [4.69, 9.17) is 4.74 Å². The number of ether oxygens (including phenoxy) is 1. The van der Waals surface area contributed by atoms with Gasteiger partial charge in [-0.05, 0) is 70.2 Å². The lowest BCUT2D eigenvalue weighted by Crippen LogP contribution is -2.54. The maximum Gasteiger partial charge on any atom is 0.335 e. The zero-order valence-corrected chi connectivity index (χ0v) is 18.9. The number of carbonyl (C=O) groups is 3. The van der Waals surface area contributed by atoms with Crippen LogP contribution in [0.5, 0.6) is 5.75 Å². The molecule has 1 aromatic heterocycles. The van der Waals surface area contributed by atoms with E-state index in [0.29, 0.717) is 29.3 Å². The molecule has 168 valence electrons. The van der Waals surface area contributed by atoms with Gasteiger partial charge in [-0.1, -0.05) is 17.7 Å². The Kier molecular flexibility index (Phi) is 5.83. The van der Waals surface area contributed by atoms with Crippen molar-refractivity contribution in [2.24, 2.45) is 0 Å². The summed E-state index contributed by atoms with van der Waals surface area (Å²) in [5.74, 6) is -0.823. The molecule has 1 N–H and O–H groups in total. The van der Waals surface area contributed by atoms with Crippen molar-refractivity contribution in [2.75, 3.05) is 11.5 Å². The number of benzene rings is 2. The highest BCUT2D eigenvalue weighted by molar-refractivity contribution is 6.39. The molecule has 8 heteroatoms. The highest BCUT2D eigenvalue weighted by Crippen LogP contribution is 2.26. The largest absolute Gasteiger partial charge is 0.494 e. The molecule has 0 unspecified atom stereocenters. The van der Waals surface area contributed by atoms with E-state index in [9.17, 15) is 14.4 Å². The van der Waals surface area contributed by atoms with Gasteiger partial charge in [0.25, 0.3) is 11.8 Å². The number of aryl methyl sites for hydroxylation is 2. The first kappa shape index (κ1) is 22.0. The van der Waals surface area contributed by atoms with Gasteiger partial charge in [0.15, 0.2) is 0 Å². The fourth-order valence-corrected chi connectivity index (χ4v) is 3.70. The number of nitrogens with one attached hydrogen (secondary N) is 1. The number of carbonyl (C=O) groups excluding carboxylic acids is 3. The summed E-state index contributed by atoms with van der Waals surface area (Å²) < 4.78 is 7.18. The van der Waals surface area contributed by atoms with Crippen LogP contribution in [0.25, 0.3) is 11.8 Å². The Bertz CT molecular complexity index is 1270. The molecule has 4 amide bonds. The number of nitrogens with zero attached hydrogens (tertiary/aromatic N) is 3. The van der Waals surface area contributed by atoms with Gasteiger partial charge in [0.05, 0.1) is 23.7 Å². The SMILES string of the molecule is CCOc1ccc(N2C(=O)NC(=O)/C(=C\c3c(C)nn(-c4ccc(C)cc4)c3C)C2=O)cc1. The predicted octanol–water partition coefficient (Wildman–Crippen LogP) is 3.86. The summed E-state index contributed by atoms with van der Waals surface area (Å²) in [5.41, 5.74) is 4.28. The third-order valence-corrected chi connectivity index (χ3v) is 5.42. The van der Waals surface area contributed by atoms with Crippen molar-refractivity contribution < 1.29 is 19.1 Å². The standard InChI is InChI=1S/C25H24N4O4/c1-5-33-20-12-10-18(11-13-20)28-24(31)22(23(30)26-25(28)32)14-21-16(3)27-29(17(21)4)19-8-6-15(2)7-9-19/h6-14H,5H2,1-4H3,(H,26,30,32)/b22-14+. The number of hydrogen-bond acceptors (Lipinski definition) is 5. The van der Waals surface area contributed by atoms with Crippen LogP contribution in [-0.4, -0.2) is 34.2 Å². The third kappa shape index (κ3) is 4.15. The Morgan fingerprint density at radius 3 is 2.21 bits per heavy atom. The predicted molar refractivity (Wildman–Crippen MR) is 124 cm³/mol. The number of urea groups is 1. The quantitative estimate of drug-likeness (QED) is 0.476. The van der Waals surface area contributed by atoms with E-state index >= 15 is 0 Å². The number of imide groups is 2. The van der Waals surface area contributed by atoms with Crippen LogP contribution in [0.4, 0.5) is 10.5 Å². The van der Waals surface area contributed by atoms with Crippen molar-refractivity contribution in [1.29, 1.82) is 0 Å². The van der Waals surface area contributed by atoms with Gasteiger partial charge >= 0.3 is 6.03 Å². The van der Waals surface area contributed by atoms with E-state index in [-0.39, 0.29) is 5.57 Å². The van der Waals surface area contributed by atoms with E-state index < -0.39 is 17.8 Å². The van der Waals surface area contributed by atoms with Gasteiger partial charge in [-0.25, -0.2) is 14.4 Å². The molecule has 1 fully saturated rings. The van der Waals surface area contributed by atoms with Crippen LogP contribution in [0.1, 0.15) is 29.4 Å². The Hall–Kier alpha value is -4.20. The van der Waals surface area contributed by atoms with Gasteiger partial charge in [-0.15, -0.1) is 0 Å². The van der Waals surface area contributed by atoms with Crippen LogP contribution in [0, 0.1) is 20.8 Å². The lowest BCUT2D eigenvalue weighted by molar-refractivity contribution is -0.122. The third-order valence-electron chi connectivity index (χ3n) is 5.42. The molecule has 0 atom stereocenters. The summed E-state index contributed by atoms with van der Waals surface area (Å²) >= 11 is 0. The van der Waals surface area contributed by atoms with Crippen LogP contribution in [-0.2, 0) is 9.59 Å². The zero-order chi connectivity index (χ0) is 23.7. The van der Waals surface area contributed by atoms with Crippen molar-refractivity contribution in [3.8, 4) is 11.4 Å². The van der Waals surface area contributed by atoms with E-state index in [0.717, 1.165) is 21.8 Å². The molecular weight excluding hydrogens is 420 g/mol.